The Hall–Kier alpha value is -1.10. The van der Waals surface area contributed by atoms with Gasteiger partial charge in [0.2, 0.25) is 6.29 Å². The van der Waals surface area contributed by atoms with Crippen LogP contribution in [0.2, 0.25) is 0 Å². The van der Waals surface area contributed by atoms with Crippen molar-refractivity contribution in [3.63, 3.8) is 0 Å². The zero-order chi connectivity index (χ0) is 20.1. The van der Waals surface area contributed by atoms with Gasteiger partial charge in [-0.25, -0.2) is 0 Å². The molecule has 0 aromatic heterocycles. The van der Waals surface area contributed by atoms with Crippen LogP contribution in [0.5, 0.6) is 5.75 Å². The van der Waals surface area contributed by atoms with Crippen molar-refractivity contribution < 1.29 is 9.47 Å². The molecule has 4 heteroatoms. The summed E-state index contributed by atoms with van der Waals surface area (Å²) in [6, 6.07) is 8.31. The first-order valence-corrected chi connectivity index (χ1v) is 9.63. The summed E-state index contributed by atoms with van der Waals surface area (Å²) in [7, 11) is 4.16. The van der Waals surface area contributed by atoms with Crippen LogP contribution in [0.15, 0.2) is 24.3 Å². The van der Waals surface area contributed by atoms with Gasteiger partial charge in [0.15, 0.2) is 0 Å². The highest BCUT2D eigenvalue weighted by Gasteiger charge is 2.27. The Morgan fingerprint density at radius 2 is 1.54 bits per heavy atom. The van der Waals surface area contributed by atoms with Crippen molar-refractivity contribution >= 4 is 0 Å². The lowest BCUT2D eigenvalue weighted by atomic mass is 9.82. The monoisotopic (exact) mass is 364 g/mol. The van der Waals surface area contributed by atoms with Crippen LogP contribution in [0, 0.1) is 5.41 Å². The molecule has 0 saturated carbocycles. The van der Waals surface area contributed by atoms with Gasteiger partial charge < -0.3 is 20.1 Å². The molecule has 1 rings (SSSR count). The summed E-state index contributed by atoms with van der Waals surface area (Å²) >= 11 is 0. The van der Waals surface area contributed by atoms with Gasteiger partial charge in [-0.05, 0) is 64.9 Å². The van der Waals surface area contributed by atoms with E-state index >= 15 is 0 Å². The lowest BCUT2D eigenvalue weighted by Gasteiger charge is -2.33. The van der Waals surface area contributed by atoms with E-state index in [1.807, 2.05) is 26.0 Å². The zero-order valence-electron chi connectivity index (χ0n) is 18.3. The summed E-state index contributed by atoms with van der Waals surface area (Å²) in [6.45, 7) is 15.8. The highest BCUT2D eigenvalue weighted by molar-refractivity contribution is 5.31. The van der Waals surface area contributed by atoms with Gasteiger partial charge in [0.05, 0.1) is 6.10 Å². The fourth-order valence-corrected chi connectivity index (χ4v) is 2.99. The van der Waals surface area contributed by atoms with Crippen LogP contribution in [0.4, 0.5) is 0 Å². The summed E-state index contributed by atoms with van der Waals surface area (Å²) in [5, 5.41) is 0. The van der Waals surface area contributed by atoms with Gasteiger partial charge in [-0.3, -0.25) is 0 Å². The third kappa shape index (κ3) is 8.52. The standard InChI is InChI=1S/C22H40N2O2/c1-16(2)25-20(14-21(3,4)5)26-18-12-10-17(11-13-18)19(15-24(8)9)22(6,7)23/h10-13,16,19-20H,14-15,23H2,1-9H3. The maximum absolute atomic E-state index is 6.43. The third-order valence-corrected chi connectivity index (χ3v) is 4.20. The van der Waals surface area contributed by atoms with E-state index < -0.39 is 0 Å². The summed E-state index contributed by atoms with van der Waals surface area (Å²) in [6.07, 6.45) is 0.722. The van der Waals surface area contributed by atoms with Gasteiger partial charge in [0, 0.05) is 24.4 Å². The molecule has 0 amide bonds. The molecule has 1 aromatic rings. The van der Waals surface area contributed by atoms with Crippen LogP contribution in [-0.4, -0.2) is 43.5 Å². The molecule has 0 aliphatic carbocycles. The maximum Gasteiger partial charge on any atom is 0.200 e. The van der Waals surface area contributed by atoms with Gasteiger partial charge >= 0.3 is 0 Å². The number of nitrogens with two attached hydrogens (primary N) is 1. The predicted molar refractivity (Wildman–Crippen MR) is 111 cm³/mol. The number of ether oxygens (including phenoxy) is 2. The van der Waals surface area contributed by atoms with Crippen molar-refractivity contribution in [3.8, 4) is 5.75 Å². The fourth-order valence-electron chi connectivity index (χ4n) is 2.99. The minimum absolute atomic E-state index is 0.129. The van der Waals surface area contributed by atoms with Gasteiger partial charge in [-0.15, -0.1) is 0 Å². The molecule has 4 nitrogen and oxygen atoms in total. The average Bonchev–Trinajstić information content (AvgIpc) is 2.42. The minimum Gasteiger partial charge on any atom is -0.465 e. The molecular formula is C22H40N2O2. The largest absolute Gasteiger partial charge is 0.465 e. The molecule has 2 N–H and O–H groups in total. The molecule has 0 spiro atoms. The highest BCUT2D eigenvalue weighted by Crippen LogP contribution is 2.30. The molecule has 2 atom stereocenters. The molecule has 0 radical (unpaired) electrons. The molecule has 0 fully saturated rings. The van der Waals surface area contributed by atoms with Crippen LogP contribution >= 0.6 is 0 Å². The third-order valence-electron chi connectivity index (χ3n) is 4.20. The number of nitrogens with zero attached hydrogens (tertiary/aromatic N) is 1. The Morgan fingerprint density at radius 1 is 1.00 bits per heavy atom. The van der Waals surface area contributed by atoms with Gasteiger partial charge in [-0.1, -0.05) is 32.9 Å². The number of hydrogen-bond acceptors (Lipinski definition) is 4. The quantitative estimate of drug-likeness (QED) is 0.649. The second kappa shape index (κ2) is 9.20. The highest BCUT2D eigenvalue weighted by atomic mass is 16.7. The van der Waals surface area contributed by atoms with Crippen molar-refractivity contribution in [1.82, 2.24) is 4.90 Å². The molecule has 0 saturated heterocycles. The van der Waals surface area contributed by atoms with E-state index in [2.05, 4.69) is 65.7 Å². The van der Waals surface area contributed by atoms with Gasteiger partial charge in [0.25, 0.3) is 0 Å². The molecule has 1 aromatic carbocycles. The average molecular weight is 365 g/mol. The van der Waals surface area contributed by atoms with E-state index in [1.54, 1.807) is 0 Å². The summed E-state index contributed by atoms with van der Waals surface area (Å²) in [5.74, 6) is 1.09. The molecule has 0 aliphatic heterocycles. The lowest BCUT2D eigenvalue weighted by molar-refractivity contribution is -0.124. The Kier molecular flexibility index (Phi) is 8.12. The van der Waals surface area contributed by atoms with E-state index in [1.165, 1.54) is 5.56 Å². The van der Waals surface area contributed by atoms with Crippen LogP contribution < -0.4 is 10.5 Å². The molecular weight excluding hydrogens is 324 g/mol. The van der Waals surface area contributed by atoms with Crippen molar-refractivity contribution in [1.29, 1.82) is 0 Å². The second-order valence-corrected chi connectivity index (χ2v) is 9.70. The van der Waals surface area contributed by atoms with Gasteiger partial charge in [0.1, 0.15) is 5.75 Å². The van der Waals surface area contributed by atoms with E-state index in [0.29, 0.717) is 0 Å². The first-order chi connectivity index (χ1) is 11.8. The minimum atomic E-state index is -0.290. The molecule has 150 valence electrons. The fraction of sp³-hybridized carbons (Fsp3) is 0.727. The number of rotatable bonds is 9. The molecule has 0 aliphatic rings. The lowest BCUT2D eigenvalue weighted by Crippen LogP contribution is -2.43. The number of likely N-dealkylation sites (N-methyl/N-ethyl adjacent to an activating group) is 1. The van der Waals surface area contributed by atoms with Crippen molar-refractivity contribution in [2.24, 2.45) is 11.1 Å². The number of benzene rings is 1. The number of hydrogen-bond donors (Lipinski definition) is 1. The first kappa shape index (κ1) is 22.9. The van der Waals surface area contributed by atoms with Crippen molar-refractivity contribution in [3.05, 3.63) is 29.8 Å². The van der Waals surface area contributed by atoms with Crippen LogP contribution in [0.25, 0.3) is 0 Å². The Balaban J connectivity index is 2.92. The molecule has 26 heavy (non-hydrogen) atoms. The maximum atomic E-state index is 6.43. The SMILES string of the molecule is CC(C)OC(CC(C)(C)C)Oc1ccc(C(CN(C)C)C(C)(C)N)cc1. The Morgan fingerprint density at radius 3 is 1.92 bits per heavy atom. The van der Waals surface area contributed by atoms with Gasteiger partial charge in [-0.2, -0.15) is 0 Å². The Labute approximate surface area is 161 Å². The molecule has 0 heterocycles. The van der Waals surface area contributed by atoms with Crippen LogP contribution in [-0.2, 0) is 4.74 Å². The summed E-state index contributed by atoms with van der Waals surface area (Å²) < 4.78 is 12.1. The Bertz CT molecular complexity index is 525. The van der Waals surface area contributed by atoms with Crippen molar-refractivity contribution in [2.75, 3.05) is 20.6 Å². The smallest absolute Gasteiger partial charge is 0.200 e. The van der Waals surface area contributed by atoms with E-state index in [9.17, 15) is 0 Å². The van der Waals surface area contributed by atoms with Crippen LogP contribution in [0.3, 0.4) is 0 Å². The topological polar surface area (TPSA) is 47.7 Å². The van der Waals surface area contributed by atoms with Crippen molar-refractivity contribution in [2.45, 2.75) is 78.7 Å². The first-order valence-electron chi connectivity index (χ1n) is 9.63. The predicted octanol–water partition coefficient (Wildman–Crippen LogP) is 4.64. The summed E-state index contributed by atoms with van der Waals surface area (Å²) in [5.41, 5.74) is 7.51. The van der Waals surface area contributed by atoms with E-state index in [4.69, 9.17) is 15.2 Å². The van der Waals surface area contributed by atoms with E-state index in [0.717, 1.165) is 18.7 Å². The van der Waals surface area contributed by atoms with E-state index in [-0.39, 0.29) is 29.3 Å². The zero-order valence-corrected chi connectivity index (χ0v) is 18.3. The molecule has 2 unspecified atom stereocenters. The van der Waals surface area contributed by atoms with Crippen LogP contribution in [0.1, 0.15) is 66.4 Å². The molecule has 0 bridgehead atoms. The summed E-state index contributed by atoms with van der Waals surface area (Å²) in [4.78, 5) is 2.18. The second-order valence-electron chi connectivity index (χ2n) is 9.70. The normalized spacial score (nSPS) is 15.4.